The highest BCUT2D eigenvalue weighted by Crippen LogP contribution is 2.31. The van der Waals surface area contributed by atoms with E-state index < -0.39 is 11.8 Å². The second-order valence-corrected chi connectivity index (χ2v) is 4.67. The highest BCUT2D eigenvalue weighted by Gasteiger charge is 2.12. The largest absolute Gasteiger partial charge is 0.496 e. The molecule has 0 radical (unpaired) electrons. The minimum Gasteiger partial charge on any atom is -0.496 e. The van der Waals surface area contributed by atoms with Crippen LogP contribution < -0.4 is 4.74 Å². The van der Waals surface area contributed by atoms with Crippen LogP contribution in [0.25, 0.3) is 11.1 Å². The number of hydrogen-bond acceptors (Lipinski definition) is 2. The van der Waals surface area contributed by atoms with Crippen molar-refractivity contribution in [2.24, 2.45) is 0 Å². The van der Waals surface area contributed by atoms with E-state index in [4.69, 9.17) is 9.84 Å². The maximum Gasteiger partial charge on any atom is 0.335 e. The third kappa shape index (κ3) is 2.64. The third-order valence-corrected chi connectivity index (χ3v) is 3.20. The number of aryl methyl sites for hydroxylation is 2. The minimum atomic E-state index is -1.14. The van der Waals surface area contributed by atoms with Gasteiger partial charge >= 0.3 is 5.97 Å². The normalized spacial score (nSPS) is 10.4. The van der Waals surface area contributed by atoms with Crippen LogP contribution in [-0.4, -0.2) is 18.2 Å². The zero-order valence-electron chi connectivity index (χ0n) is 11.5. The Labute approximate surface area is 116 Å². The molecule has 104 valence electrons. The van der Waals surface area contributed by atoms with Crippen LogP contribution in [0.4, 0.5) is 4.39 Å². The number of carboxylic acids is 1. The standard InChI is InChI=1S/C16H15FO3/c1-9-5-15(20-3)10(2)4-14(9)11-6-12(16(18)19)8-13(17)7-11/h4-8H,1-3H3,(H,18,19). The molecule has 1 N–H and O–H groups in total. The fourth-order valence-corrected chi connectivity index (χ4v) is 2.19. The summed E-state index contributed by atoms with van der Waals surface area (Å²) in [6.45, 7) is 3.77. The maximum atomic E-state index is 13.6. The van der Waals surface area contributed by atoms with Gasteiger partial charge in [-0.25, -0.2) is 9.18 Å². The van der Waals surface area contributed by atoms with E-state index in [9.17, 15) is 9.18 Å². The molecule has 0 aliphatic carbocycles. The van der Waals surface area contributed by atoms with Gasteiger partial charge in [0.05, 0.1) is 12.7 Å². The molecule has 0 atom stereocenters. The average molecular weight is 274 g/mol. The molecular weight excluding hydrogens is 259 g/mol. The lowest BCUT2D eigenvalue weighted by molar-refractivity contribution is 0.0696. The van der Waals surface area contributed by atoms with Crippen molar-refractivity contribution in [1.29, 1.82) is 0 Å². The highest BCUT2D eigenvalue weighted by molar-refractivity contribution is 5.89. The smallest absolute Gasteiger partial charge is 0.335 e. The fraction of sp³-hybridized carbons (Fsp3) is 0.188. The third-order valence-electron chi connectivity index (χ3n) is 3.20. The molecular formula is C16H15FO3. The van der Waals surface area contributed by atoms with Crippen molar-refractivity contribution in [2.75, 3.05) is 7.11 Å². The first-order valence-corrected chi connectivity index (χ1v) is 6.12. The number of methoxy groups -OCH3 is 1. The number of benzene rings is 2. The van der Waals surface area contributed by atoms with Gasteiger partial charge in [-0.05, 0) is 66.4 Å². The Morgan fingerprint density at radius 3 is 2.40 bits per heavy atom. The van der Waals surface area contributed by atoms with Gasteiger partial charge < -0.3 is 9.84 Å². The lowest BCUT2D eigenvalue weighted by Crippen LogP contribution is -1.98. The Bertz CT molecular complexity index is 678. The van der Waals surface area contributed by atoms with Crippen molar-refractivity contribution in [3.63, 3.8) is 0 Å². The van der Waals surface area contributed by atoms with Gasteiger partial charge in [0.2, 0.25) is 0 Å². The number of rotatable bonds is 3. The summed E-state index contributed by atoms with van der Waals surface area (Å²) in [5, 5.41) is 9.00. The summed E-state index contributed by atoms with van der Waals surface area (Å²) in [6.07, 6.45) is 0. The van der Waals surface area contributed by atoms with Gasteiger partial charge in [-0.1, -0.05) is 0 Å². The number of carbonyl (C=O) groups is 1. The summed E-state index contributed by atoms with van der Waals surface area (Å²) in [7, 11) is 1.59. The topological polar surface area (TPSA) is 46.5 Å². The van der Waals surface area contributed by atoms with Gasteiger partial charge in [0, 0.05) is 0 Å². The first-order chi connectivity index (χ1) is 9.42. The van der Waals surface area contributed by atoms with Crippen LogP contribution in [0.5, 0.6) is 5.75 Å². The first kappa shape index (κ1) is 14.1. The van der Waals surface area contributed by atoms with Crippen molar-refractivity contribution in [3.8, 4) is 16.9 Å². The van der Waals surface area contributed by atoms with Crippen molar-refractivity contribution in [3.05, 3.63) is 52.8 Å². The lowest BCUT2D eigenvalue weighted by atomic mass is 9.96. The molecule has 0 aromatic heterocycles. The van der Waals surface area contributed by atoms with Crippen molar-refractivity contribution in [2.45, 2.75) is 13.8 Å². The van der Waals surface area contributed by atoms with E-state index in [1.54, 1.807) is 7.11 Å². The van der Waals surface area contributed by atoms with Crippen molar-refractivity contribution >= 4 is 5.97 Å². The number of carboxylic acid groups (broad SMARTS) is 1. The molecule has 0 saturated heterocycles. The number of aromatic carboxylic acids is 1. The zero-order chi connectivity index (χ0) is 14.9. The predicted octanol–water partition coefficient (Wildman–Crippen LogP) is 3.82. The van der Waals surface area contributed by atoms with Crippen molar-refractivity contribution in [1.82, 2.24) is 0 Å². The molecule has 0 aliphatic heterocycles. The minimum absolute atomic E-state index is 0.0622. The predicted molar refractivity (Wildman–Crippen MR) is 74.8 cm³/mol. The summed E-state index contributed by atoms with van der Waals surface area (Å²) in [5.41, 5.74) is 3.09. The SMILES string of the molecule is COc1cc(C)c(-c2cc(F)cc(C(=O)O)c2)cc1C. The molecule has 3 nitrogen and oxygen atoms in total. The van der Waals surface area contributed by atoms with Crippen LogP contribution in [0, 0.1) is 19.7 Å². The Morgan fingerprint density at radius 1 is 1.10 bits per heavy atom. The van der Waals surface area contributed by atoms with Crippen LogP contribution in [0.3, 0.4) is 0 Å². The van der Waals surface area contributed by atoms with Crippen LogP contribution in [0.15, 0.2) is 30.3 Å². The van der Waals surface area contributed by atoms with E-state index in [2.05, 4.69) is 0 Å². The Kier molecular flexibility index (Phi) is 3.74. The second kappa shape index (κ2) is 5.33. The molecule has 0 spiro atoms. The average Bonchev–Trinajstić information content (AvgIpc) is 2.40. The fourth-order valence-electron chi connectivity index (χ4n) is 2.19. The molecule has 0 aliphatic rings. The van der Waals surface area contributed by atoms with Gasteiger partial charge in [-0.15, -0.1) is 0 Å². The molecule has 0 amide bonds. The van der Waals surface area contributed by atoms with Crippen LogP contribution in [0.1, 0.15) is 21.5 Å². The lowest BCUT2D eigenvalue weighted by Gasteiger charge is -2.12. The van der Waals surface area contributed by atoms with Crippen LogP contribution in [-0.2, 0) is 0 Å². The van der Waals surface area contributed by atoms with Crippen LogP contribution in [0.2, 0.25) is 0 Å². The molecule has 2 aromatic carbocycles. The molecule has 0 fully saturated rings. The summed E-state index contributed by atoms with van der Waals surface area (Å²) in [6, 6.07) is 7.54. The summed E-state index contributed by atoms with van der Waals surface area (Å²) >= 11 is 0. The summed E-state index contributed by atoms with van der Waals surface area (Å²) in [5.74, 6) is -0.956. The number of hydrogen-bond donors (Lipinski definition) is 1. The van der Waals surface area contributed by atoms with E-state index in [-0.39, 0.29) is 5.56 Å². The molecule has 0 heterocycles. The number of halogens is 1. The van der Waals surface area contributed by atoms with Crippen LogP contribution >= 0.6 is 0 Å². The van der Waals surface area contributed by atoms with E-state index >= 15 is 0 Å². The summed E-state index contributed by atoms with van der Waals surface area (Å²) in [4.78, 5) is 11.0. The molecule has 20 heavy (non-hydrogen) atoms. The molecule has 0 bridgehead atoms. The maximum absolute atomic E-state index is 13.6. The molecule has 4 heteroatoms. The zero-order valence-corrected chi connectivity index (χ0v) is 11.5. The van der Waals surface area contributed by atoms with E-state index in [1.165, 1.54) is 12.1 Å². The van der Waals surface area contributed by atoms with Gasteiger partial charge in [0.25, 0.3) is 0 Å². The Balaban J connectivity index is 2.62. The first-order valence-electron chi connectivity index (χ1n) is 6.12. The summed E-state index contributed by atoms with van der Waals surface area (Å²) < 4.78 is 18.8. The van der Waals surface area contributed by atoms with E-state index in [1.807, 2.05) is 26.0 Å². The van der Waals surface area contributed by atoms with Gasteiger partial charge in [-0.2, -0.15) is 0 Å². The van der Waals surface area contributed by atoms with Crippen molar-refractivity contribution < 1.29 is 19.0 Å². The highest BCUT2D eigenvalue weighted by atomic mass is 19.1. The molecule has 0 saturated carbocycles. The monoisotopic (exact) mass is 274 g/mol. The van der Waals surface area contributed by atoms with E-state index in [0.29, 0.717) is 5.56 Å². The van der Waals surface area contributed by atoms with Gasteiger partial charge in [0.1, 0.15) is 11.6 Å². The second-order valence-electron chi connectivity index (χ2n) is 4.67. The van der Waals surface area contributed by atoms with E-state index in [0.717, 1.165) is 28.5 Å². The molecule has 0 unspecified atom stereocenters. The Morgan fingerprint density at radius 2 is 1.80 bits per heavy atom. The number of ether oxygens (including phenoxy) is 1. The Hall–Kier alpha value is -2.36. The quantitative estimate of drug-likeness (QED) is 0.925. The van der Waals surface area contributed by atoms with Gasteiger partial charge in [0.15, 0.2) is 0 Å². The molecule has 2 rings (SSSR count). The van der Waals surface area contributed by atoms with Gasteiger partial charge in [-0.3, -0.25) is 0 Å². The molecule has 2 aromatic rings.